The van der Waals surface area contributed by atoms with Crippen LogP contribution in [0, 0.1) is 6.92 Å². The van der Waals surface area contributed by atoms with Crippen LogP contribution in [0.1, 0.15) is 15.9 Å². The first kappa shape index (κ1) is 15.5. The highest BCUT2D eigenvalue weighted by atomic mass is 79.9. The Morgan fingerprint density at radius 2 is 2.00 bits per heavy atom. The number of aryl methyl sites for hydroxylation is 1. The number of amides is 1. The van der Waals surface area contributed by atoms with Gasteiger partial charge in [-0.15, -0.1) is 0 Å². The van der Waals surface area contributed by atoms with Crippen molar-refractivity contribution in [2.75, 3.05) is 46.3 Å². The standard InChI is InChI=1S/C15H22BrN3O/c1-12-11-13(3-4-14(12)16)15(20)17-5-6-19-9-7-18(2)8-10-19/h3-4,11H,5-10H2,1-2H3,(H,17,20). The van der Waals surface area contributed by atoms with Crippen molar-refractivity contribution in [1.29, 1.82) is 0 Å². The molecule has 0 radical (unpaired) electrons. The van der Waals surface area contributed by atoms with Crippen LogP contribution in [0.15, 0.2) is 22.7 Å². The number of piperazine rings is 1. The van der Waals surface area contributed by atoms with Crippen LogP contribution in [0.3, 0.4) is 0 Å². The average molecular weight is 340 g/mol. The molecule has 2 rings (SSSR count). The zero-order chi connectivity index (χ0) is 14.5. The fourth-order valence-electron chi connectivity index (χ4n) is 2.29. The van der Waals surface area contributed by atoms with Gasteiger partial charge in [-0.3, -0.25) is 9.69 Å². The van der Waals surface area contributed by atoms with E-state index in [0.29, 0.717) is 6.54 Å². The molecule has 1 aliphatic rings. The number of hydrogen-bond acceptors (Lipinski definition) is 3. The van der Waals surface area contributed by atoms with Crippen LogP contribution in [0.4, 0.5) is 0 Å². The molecule has 0 atom stereocenters. The quantitative estimate of drug-likeness (QED) is 0.907. The number of nitrogens with zero attached hydrogens (tertiary/aromatic N) is 2. The predicted molar refractivity (Wildman–Crippen MR) is 85.1 cm³/mol. The van der Waals surface area contributed by atoms with Crippen molar-refractivity contribution >= 4 is 21.8 Å². The Morgan fingerprint density at radius 1 is 1.30 bits per heavy atom. The highest BCUT2D eigenvalue weighted by molar-refractivity contribution is 9.10. The summed E-state index contributed by atoms with van der Waals surface area (Å²) in [5.74, 6) is 0.00901. The average Bonchev–Trinajstić information content (AvgIpc) is 2.44. The highest BCUT2D eigenvalue weighted by Gasteiger charge is 2.13. The van der Waals surface area contributed by atoms with Crippen molar-refractivity contribution in [3.05, 3.63) is 33.8 Å². The predicted octanol–water partition coefficient (Wildman–Crippen LogP) is 1.73. The second-order valence-corrected chi connectivity index (χ2v) is 6.22. The molecule has 110 valence electrons. The minimum atomic E-state index is 0.00901. The van der Waals surface area contributed by atoms with E-state index in [1.54, 1.807) is 0 Å². The molecule has 1 saturated heterocycles. The van der Waals surface area contributed by atoms with Gasteiger partial charge in [0.2, 0.25) is 0 Å². The third kappa shape index (κ3) is 4.30. The van der Waals surface area contributed by atoms with Crippen LogP contribution >= 0.6 is 15.9 Å². The number of carbonyl (C=O) groups is 1. The zero-order valence-corrected chi connectivity index (χ0v) is 13.7. The van der Waals surface area contributed by atoms with Crippen LogP contribution in [-0.4, -0.2) is 62.0 Å². The number of carbonyl (C=O) groups excluding carboxylic acids is 1. The van der Waals surface area contributed by atoms with Gasteiger partial charge in [0, 0.05) is 49.3 Å². The molecule has 0 spiro atoms. The van der Waals surface area contributed by atoms with Gasteiger partial charge in [0.25, 0.3) is 5.91 Å². The lowest BCUT2D eigenvalue weighted by Crippen LogP contribution is -2.46. The van der Waals surface area contributed by atoms with Gasteiger partial charge in [0.1, 0.15) is 0 Å². The summed E-state index contributed by atoms with van der Waals surface area (Å²) in [7, 11) is 2.15. The summed E-state index contributed by atoms with van der Waals surface area (Å²) in [6.45, 7) is 8.02. The number of likely N-dealkylation sites (N-methyl/N-ethyl adjacent to an activating group) is 1. The minimum Gasteiger partial charge on any atom is -0.351 e. The van der Waals surface area contributed by atoms with E-state index in [4.69, 9.17) is 0 Å². The highest BCUT2D eigenvalue weighted by Crippen LogP contribution is 2.16. The Morgan fingerprint density at radius 3 is 2.65 bits per heavy atom. The molecule has 1 aliphatic heterocycles. The Bertz CT molecular complexity index is 470. The summed E-state index contributed by atoms with van der Waals surface area (Å²) in [5.41, 5.74) is 1.81. The van der Waals surface area contributed by atoms with Crippen LogP contribution in [0.25, 0.3) is 0 Å². The van der Waals surface area contributed by atoms with Crippen molar-refractivity contribution in [1.82, 2.24) is 15.1 Å². The lowest BCUT2D eigenvalue weighted by Gasteiger charge is -2.32. The molecule has 1 fully saturated rings. The summed E-state index contributed by atoms with van der Waals surface area (Å²) >= 11 is 3.45. The minimum absolute atomic E-state index is 0.00901. The first-order chi connectivity index (χ1) is 9.56. The molecule has 4 nitrogen and oxygen atoms in total. The largest absolute Gasteiger partial charge is 0.351 e. The Hall–Kier alpha value is -0.910. The molecule has 0 aromatic heterocycles. The molecule has 1 heterocycles. The Balaban J connectivity index is 1.76. The summed E-state index contributed by atoms with van der Waals surface area (Å²) in [6.07, 6.45) is 0. The SMILES string of the molecule is Cc1cc(C(=O)NCCN2CCN(C)CC2)ccc1Br. The van der Waals surface area contributed by atoms with Crippen LogP contribution < -0.4 is 5.32 Å². The molecule has 1 aromatic carbocycles. The second-order valence-electron chi connectivity index (χ2n) is 5.36. The van der Waals surface area contributed by atoms with Crippen molar-refractivity contribution in [3.63, 3.8) is 0 Å². The number of rotatable bonds is 4. The van der Waals surface area contributed by atoms with E-state index in [9.17, 15) is 4.79 Å². The van der Waals surface area contributed by atoms with Gasteiger partial charge >= 0.3 is 0 Å². The van der Waals surface area contributed by atoms with Crippen molar-refractivity contribution in [3.8, 4) is 0 Å². The van der Waals surface area contributed by atoms with E-state index in [1.807, 2.05) is 25.1 Å². The van der Waals surface area contributed by atoms with Gasteiger partial charge in [-0.2, -0.15) is 0 Å². The maximum atomic E-state index is 12.0. The van der Waals surface area contributed by atoms with E-state index in [2.05, 4.69) is 38.1 Å². The van der Waals surface area contributed by atoms with Gasteiger partial charge < -0.3 is 10.2 Å². The summed E-state index contributed by atoms with van der Waals surface area (Å²) in [4.78, 5) is 16.8. The monoisotopic (exact) mass is 339 g/mol. The summed E-state index contributed by atoms with van der Waals surface area (Å²) < 4.78 is 1.03. The van der Waals surface area contributed by atoms with Crippen molar-refractivity contribution in [2.24, 2.45) is 0 Å². The van der Waals surface area contributed by atoms with Crippen LogP contribution in [-0.2, 0) is 0 Å². The fraction of sp³-hybridized carbons (Fsp3) is 0.533. The molecular formula is C15H22BrN3O. The van der Waals surface area contributed by atoms with Crippen molar-refractivity contribution < 1.29 is 4.79 Å². The molecule has 5 heteroatoms. The molecular weight excluding hydrogens is 318 g/mol. The Kier molecular flexibility index (Phi) is 5.57. The fourth-order valence-corrected chi connectivity index (χ4v) is 2.53. The smallest absolute Gasteiger partial charge is 0.251 e. The van der Waals surface area contributed by atoms with Gasteiger partial charge in [-0.05, 0) is 37.7 Å². The lowest BCUT2D eigenvalue weighted by atomic mass is 10.1. The van der Waals surface area contributed by atoms with Gasteiger partial charge in [-0.25, -0.2) is 0 Å². The van der Waals surface area contributed by atoms with E-state index in [0.717, 1.165) is 48.3 Å². The topological polar surface area (TPSA) is 35.6 Å². The lowest BCUT2D eigenvalue weighted by molar-refractivity contribution is 0.0941. The Labute approximate surface area is 129 Å². The maximum absolute atomic E-state index is 12.0. The first-order valence-corrected chi connectivity index (χ1v) is 7.81. The van der Waals surface area contributed by atoms with Crippen LogP contribution in [0.2, 0.25) is 0 Å². The van der Waals surface area contributed by atoms with Crippen LogP contribution in [0.5, 0.6) is 0 Å². The molecule has 1 aromatic rings. The molecule has 0 unspecified atom stereocenters. The molecule has 0 aliphatic carbocycles. The number of benzene rings is 1. The van der Waals surface area contributed by atoms with E-state index < -0.39 is 0 Å². The second kappa shape index (κ2) is 7.20. The zero-order valence-electron chi connectivity index (χ0n) is 12.2. The van der Waals surface area contributed by atoms with E-state index >= 15 is 0 Å². The van der Waals surface area contributed by atoms with E-state index in [1.165, 1.54) is 0 Å². The molecule has 0 bridgehead atoms. The normalized spacial score (nSPS) is 17.1. The molecule has 1 N–H and O–H groups in total. The molecule has 0 saturated carbocycles. The number of halogens is 1. The number of hydrogen-bond donors (Lipinski definition) is 1. The third-order valence-corrected chi connectivity index (χ3v) is 4.62. The summed E-state index contributed by atoms with van der Waals surface area (Å²) in [6, 6.07) is 5.68. The van der Waals surface area contributed by atoms with Gasteiger partial charge in [-0.1, -0.05) is 15.9 Å². The first-order valence-electron chi connectivity index (χ1n) is 7.01. The van der Waals surface area contributed by atoms with Gasteiger partial charge in [0.05, 0.1) is 0 Å². The van der Waals surface area contributed by atoms with Gasteiger partial charge in [0.15, 0.2) is 0 Å². The van der Waals surface area contributed by atoms with Crippen molar-refractivity contribution in [2.45, 2.75) is 6.92 Å². The summed E-state index contributed by atoms with van der Waals surface area (Å²) in [5, 5.41) is 2.99. The maximum Gasteiger partial charge on any atom is 0.251 e. The third-order valence-electron chi connectivity index (χ3n) is 3.73. The van der Waals surface area contributed by atoms with E-state index in [-0.39, 0.29) is 5.91 Å². The number of nitrogens with one attached hydrogen (secondary N) is 1. The molecule has 1 amide bonds. The molecule has 20 heavy (non-hydrogen) atoms.